The number of fused-ring (bicyclic) bond motifs is 2. The molecule has 1 saturated carbocycles. The van der Waals surface area contributed by atoms with E-state index >= 15 is 0 Å². The van der Waals surface area contributed by atoms with Gasteiger partial charge in [-0.3, -0.25) is 4.79 Å². The first kappa shape index (κ1) is 22.5. The van der Waals surface area contributed by atoms with E-state index in [1.807, 2.05) is 0 Å². The number of anilines is 1. The van der Waals surface area contributed by atoms with Crippen LogP contribution in [-0.4, -0.2) is 35.1 Å². The average Bonchev–Trinajstić information content (AvgIpc) is 2.98. The van der Waals surface area contributed by atoms with Crippen LogP contribution in [0.1, 0.15) is 50.7 Å². The van der Waals surface area contributed by atoms with Crippen LogP contribution in [0.3, 0.4) is 0 Å². The standard InChI is InChI=1S/C25H26ClNO5/c1-24(2,3)32-23(31)27-19-10-5-4-9-18(19)25(22(27)30)20(29)12-11-16(14-28)21(25)15-7-6-8-17(26)13-15/h4-10,13-14,16,20-21,29H,11-12H2,1-3H3/t16-,20-,21+,25-/m1/s1. The summed E-state index contributed by atoms with van der Waals surface area (Å²) in [5.74, 6) is -1.81. The normalized spacial score (nSPS) is 27.3. The highest BCUT2D eigenvalue weighted by Crippen LogP contribution is 2.58. The van der Waals surface area contributed by atoms with Crippen LogP contribution in [0, 0.1) is 5.92 Å². The lowest BCUT2D eigenvalue weighted by atomic mass is 9.56. The number of hydrogen-bond acceptors (Lipinski definition) is 5. The van der Waals surface area contributed by atoms with Crippen molar-refractivity contribution in [3.63, 3.8) is 0 Å². The number of carbonyl (C=O) groups is 3. The molecule has 1 fully saturated rings. The van der Waals surface area contributed by atoms with Crippen LogP contribution in [0.15, 0.2) is 48.5 Å². The Balaban J connectivity index is 1.96. The third-order valence-electron chi connectivity index (χ3n) is 6.32. The van der Waals surface area contributed by atoms with Gasteiger partial charge < -0.3 is 14.6 Å². The number of aliphatic hydroxyl groups is 1. The van der Waals surface area contributed by atoms with Gasteiger partial charge in [0.05, 0.1) is 11.8 Å². The second-order valence-corrected chi connectivity index (χ2v) is 9.87. The zero-order valence-corrected chi connectivity index (χ0v) is 19.0. The molecule has 0 saturated heterocycles. The molecule has 4 atom stereocenters. The molecule has 2 aromatic carbocycles. The lowest BCUT2D eigenvalue weighted by Gasteiger charge is -2.46. The quantitative estimate of drug-likeness (QED) is 0.668. The SMILES string of the molecule is CC(C)(C)OC(=O)N1C(=O)[C@]2(c3ccccc31)[C@H](O)CC[C@H](C=O)[C@@H]2c1cccc(Cl)c1. The number of para-hydroxylation sites is 1. The van der Waals surface area contributed by atoms with Gasteiger partial charge in [-0.25, -0.2) is 9.69 Å². The summed E-state index contributed by atoms with van der Waals surface area (Å²) >= 11 is 6.25. The highest BCUT2D eigenvalue weighted by molar-refractivity contribution is 6.30. The summed E-state index contributed by atoms with van der Waals surface area (Å²) in [6.45, 7) is 5.17. The molecule has 7 heteroatoms. The van der Waals surface area contributed by atoms with Crippen molar-refractivity contribution >= 4 is 35.6 Å². The minimum atomic E-state index is -1.51. The third kappa shape index (κ3) is 3.42. The lowest BCUT2D eigenvalue weighted by molar-refractivity contribution is -0.133. The van der Waals surface area contributed by atoms with Crippen LogP contribution in [0.2, 0.25) is 5.02 Å². The van der Waals surface area contributed by atoms with Crippen LogP contribution in [0.5, 0.6) is 0 Å². The number of halogens is 1. The molecule has 2 aliphatic rings. The zero-order valence-electron chi connectivity index (χ0n) is 18.2. The van der Waals surface area contributed by atoms with Crippen molar-refractivity contribution < 1.29 is 24.2 Å². The van der Waals surface area contributed by atoms with Gasteiger partial charge in [0, 0.05) is 16.9 Å². The molecule has 2 amide bonds. The number of aliphatic hydroxyl groups excluding tert-OH is 1. The van der Waals surface area contributed by atoms with Crippen molar-refractivity contribution in [2.24, 2.45) is 5.92 Å². The van der Waals surface area contributed by atoms with Crippen molar-refractivity contribution in [1.82, 2.24) is 0 Å². The van der Waals surface area contributed by atoms with Gasteiger partial charge in [-0.1, -0.05) is 41.9 Å². The van der Waals surface area contributed by atoms with E-state index in [1.54, 1.807) is 69.3 Å². The fraction of sp³-hybridized carbons (Fsp3) is 0.400. The fourth-order valence-corrected chi connectivity index (χ4v) is 5.38. The molecular formula is C25H26ClNO5. The second-order valence-electron chi connectivity index (χ2n) is 9.43. The smallest absolute Gasteiger partial charge is 0.421 e. The molecule has 32 heavy (non-hydrogen) atoms. The number of nitrogens with zero attached hydrogens (tertiary/aromatic N) is 1. The number of imide groups is 1. The number of hydrogen-bond donors (Lipinski definition) is 1. The Morgan fingerprint density at radius 1 is 1.19 bits per heavy atom. The molecule has 0 bridgehead atoms. The lowest BCUT2D eigenvalue weighted by Crippen LogP contribution is -2.58. The number of ether oxygens (including phenoxy) is 1. The van der Waals surface area contributed by atoms with Crippen LogP contribution in [-0.2, 0) is 19.7 Å². The van der Waals surface area contributed by atoms with Gasteiger partial charge in [-0.2, -0.15) is 0 Å². The summed E-state index contributed by atoms with van der Waals surface area (Å²) in [5.41, 5.74) is -0.778. The maximum absolute atomic E-state index is 14.1. The minimum Gasteiger partial charge on any atom is -0.443 e. The summed E-state index contributed by atoms with van der Waals surface area (Å²) in [4.78, 5) is 40.4. The van der Waals surface area contributed by atoms with Gasteiger partial charge in [-0.15, -0.1) is 0 Å². The number of aldehydes is 1. The van der Waals surface area contributed by atoms with Crippen molar-refractivity contribution in [3.05, 3.63) is 64.7 Å². The van der Waals surface area contributed by atoms with Crippen molar-refractivity contribution in [2.75, 3.05) is 4.90 Å². The summed E-state index contributed by atoms with van der Waals surface area (Å²) in [6.07, 6.45) is -0.389. The molecule has 1 N–H and O–H groups in total. The van der Waals surface area contributed by atoms with E-state index in [1.165, 1.54) is 0 Å². The number of rotatable bonds is 2. The Bertz CT molecular complexity index is 1080. The molecule has 0 radical (unpaired) electrons. The Morgan fingerprint density at radius 2 is 1.91 bits per heavy atom. The van der Waals surface area contributed by atoms with E-state index in [2.05, 4.69) is 0 Å². The van der Waals surface area contributed by atoms with E-state index in [9.17, 15) is 19.5 Å². The van der Waals surface area contributed by atoms with Gasteiger partial charge in [0.2, 0.25) is 0 Å². The van der Waals surface area contributed by atoms with E-state index in [-0.39, 0.29) is 6.42 Å². The highest BCUT2D eigenvalue weighted by atomic mass is 35.5. The molecule has 0 aromatic heterocycles. The molecule has 1 spiro atoms. The summed E-state index contributed by atoms with van der Waals surface area (Å²) in [6, 6.07) is 13.9. The van der Waals surface area contributed by atoms with E-state index in [0.29, 0.717) is 28.3 Å². The molecule has 4 rings (SSSR count). The first-order valence-electron chi connectivity index (χ1n) is 10.7. The summed E-state index contributed by atoms with van der Waals surface area (Å²) in [7, 11) is 0. The number of benzene rings is 2. The maximum Gasteiger partial charge on any atom is 0.421 e. The van der Waals surface area contributed by atoms with E-state index < -0.39 is 41.0 Å². The summed E-state index contributed by atoms with van der Waals surface area (Å²) in [5, 5.41) is 11.8. The Morgan fingerprint density at radius 3 is 2.56 bits per heavy atom. The van der Waals surface area contributed by atoms with Crippen LogP contribution in [0.25, 0.3) is 0 Å². The van der Waals surface area contributed by atoms with Crippen LogP contribution in [0.4, 0.5) is 10.5 Å². The predicted molar refractivity (Wildman–Crippen MR) is 121 cm³/mol. The molecular weight excluding hydrogens is 430 g/mol. The molecule has 2 aromatic rings. The predicted octanol–water partition coefficient (Wildman–Crippen LogP) is 4.61. The van der Waals surface area contributed by atoms with Crippen LogP contribution >= 0.6 is 11.6 Å². The molecule has 6 nitrogen and oxygen atoms in total. The van der Waals surface area contributed by atoms with Crippen molar-refractivity contribution in [1.29, 1.82) is 0 Å². The third-order valence-corrected chi connectivity index (χ3v) is 6.56. The van der Waals surface area contributed by atoms with Gasteiger partial charge in [0.1, 0.15) is 17.3 Å². The average molecular weight is 456 g/mol. The van der Waals surface area contributed by atoms with E-state index in [0.717, 1.165) is 11.2 Å². The second kappa shape index (κ2) is 8.01. The monoisotopic (exact) mass is 455 g/mol. The minimum absolute atomic E-state index is 0.253. The number of amides is 2. The first-order valence-corrected chi connectivity index (χ1v) is 11.0. The molecule has 0 unspecified atom stereocenters. The van der Waals surface area contributed by atoms with Gasteiger partial charge in [0.15, 0.2) is 0 Å². The van der Waals surface area contributed by atoms with Gasteiger partial charge >= 0.3 is 6.09 Å². The highest BCUT2D eigenvalue weighted by Gasteiger charge is 2.64. The van der Waals surface area contributed by atoms with Crippen LogP contribution < -0.4 is 4.90 Å². The molecule has 1 heterocycles. The molecule has 1 aliphatic carbocycles. The first-order chi connectivity index (χ1) is 15.1. The summed E-state index contributed by atoms with van der Waals surface area (Å²) < 4.78 is 5.53. The zero-order chi connectivity index (χ0) is 23.3. The number of carbonyl (C=O) groups excluding carboxylic acids is 3. The van der Waals surface area contributed by atoms with Gasteiger partial charge in [0.25, 0.3) is 5.91 Å². The van der Waals surface area contributed by atoms with E-state index in [4.69, 9.17) is 16.3 Å². The largest absolute Gasteiger partial charge is 0.443 e. The van der Waals surface area contributed by atoms with Gasteiger partial charge in [-0.05, 0) is 62.9 Å². The van der Waals surface area contributed by atoms with Crippen molar-refractivity contribution in [3.8, 4) is 0 Å². The topological polar surface area (TPSA) is 83.9 Å². The fourth-order valence-electron chi connectivity index (χ4n) is 5.19. The Hall–Kier alpha value is -2.70. The Kier molecular flexibility index (Phi) is 5.63. The van der Waals surface area contributed by atoms with Crippen molar-refractivity contribution in [2.45, 2.75) is 56.7 Å². The molecule has 1 aliphatic heterocycles. The molecule has 168 valence electrons. The Labute approximate surface area is 192 Å². The maximum atomic E-state index is 14.1.